The van der Waals surface area contributed by atoms with Gasteiger partial charge in [-0.15, -0.1) is 5.10 Å². The van der Waals surface area contributed by atoms with Crippen molar-refractivity contribution in [1.82, 2.24) is 24.7 Å². The van der Waals surface area contributed by atoms with Gasteiger partial charge in [-0.25, -0.2) is 14.5 Å². The summed E-state index contributed by atoms with van der Waals surface area (Å²) in [5, 5.41) is 14.4. The molecule has 0 amide bonds. The molecule has 6 rings (SSSR count). The molecule has 0 fully saturated rings. The second kappa shape index (κ2) is 10.4. The summed E-state index contributed by atoms with van der Waals surface area (Å²) in [6, 6.07) is 28.4. The van der Waals surface area contributed by atoms with Crippen molar-refractivity contribution in [1.29, 1.82) is 0 Å². The Morgan fingerprint density at radius 3 is 2.12 bits per heavy atom. The van der Waals surface area contributed by atoms with Crippen LogP contribution in [0, 0.1) is 0 Å². The van der Waals surface area contributed by atoms with Gasteiger partial charge in [0.2, 0.25) is 0 Å². The van der Waals surface area contributed by atoms with Gasteiger partial charge in [0.05, 0.1) is 28.4 Å². The summed E-state index contributed by atoms with van der Waals surface area (Å²) in [6.45, 7) is 4.01. The van der Waals surface area contributed by atoms with Gasteiger partial charge in [-0.2, -0.15) is 0 Å². The molecule has 0 saturated heterocycles. The molecule has 0 radical (unpaired) electrons. The van der Waals surface area contributed by atoms with E-state index in [0.717, 1.165) is 39.0 Å². The van der Waals surface area contributed by atoms with Crippen LogP contribution in [0.2, 0.25) is 0 Å². The van der Waals surface area contributed by atoms with Crippen LogP contribution >= 0.6 is 0 Å². The number of hydrogen-bond donors (Lipinski definition) is 1. The molecule has 0 aliphatic heterocycles. The number of rotatable bonds is 7. The first-order valence-corrected chi connectivity index (χ1v) is 12.8. The second-order valence-corrected chi connectivity index (χ2v) is 9.55. The van der Waals surface area contributed by atoms with E-state index in [1.807, 2.05) is 86.6 Å². The van der Waals surface area contributed by atoms with E-state index < -0.39 is 5.97 Å². The largest absolute Gasteiger partial charge is 0.491 e. The van der Waals surface area contributed by atoms with E-state index in [4.69, 9.17) is 14.8 Å². The Kier molecular flexibility index (Phi) is 6.49. The van der Waals surface area contributed by atoms with E-state index in [2.05, 4.69) is 9.97 Å². The molecule has 0 atom stereocenters. The van der Waals surface area contributed by atoms with Crippen LogP contribution in [0.1, 0.15) is 24.2 Å². The van der Waals surface area contributed by atoms with Gasteiger partial charge in [0.25, 0.3) is 0 Å². The maximum Gasteiger partial charge on any atom is 0.335 e. The molecule has 8 heteroatoms. The molecule has 40 heavy (non-hydrogen) atoms. The maximum atomic E-state index is 11.7. The first-order chi connectivity index (χ1) is 19.4. The summed E-state index contributed by atoms with van der Waals surface area (Å²) < 4.78 is 7.42. The highest BCUT2D eigenvalue weighted by molar-refractivity contribution is 5.88. The zero-order chi connectivity index (χ0) is 27.6. The van der Waals surface area contributed by atoms with Gasteiger partial charge in [-0.1, -0.05) is 42.5 Å². The summed E-state index contributed by atoms with van der Waals surface area (Å²) in [5.74, 6) is 0.908. The van der Waals surface area contributed by atoms with Crippen molar-refractivity contribution in [3.63, 3.8) is 0 Å². The standard InChI is InChI=1S/C32H25N5O3/c1-20(2)40-27-13-10-22(11-14-27)21-6-8-23(9-7-21)30-35-31(24-12-15-28-29(19-24)34-17-16-33-28)37(36-30)26-5-3-4-25(18-26)32(38)39/h3-20H,1-2H3,(H,38,39). The van der Waals surface area contributed by atoms with Gasteiger partial charge in [-0.3, -0.25) is 9.97 Å². The summed E-state index contributed by atoms with van der Waals surface area (Å²) >= 11 is 0. The van der Waals surface area contributed by atoms with Gasteiger partial charge in [0, 0.05) is 23.5 Å². The molecule has 0 aliphatic rings. The lowest BCUT2D eigenvalue weighted by atomic mass is 10.0. The van der Waals surface area contributed by atoms with E-state index in [9.17, 15) is 9.90 Å². The predicted octanol–water partition coefficient (Wildman–Crippen LogP) is 6.70. The van der Waals surface area contributed by atoms with E-state index in [-0.39, 0.29) is 11.7 Å². The van der Waals surface area contributed by atoms with Crippen molar-refractivity contribution < 1.29 is 14.6 Å². The van der Waals surface area contributed by atoms with Crippen LogP contribution in [-0.4, -0.2) is 41.9 Å². The van der Waals surface area contributed by atoms with Crippen LogP contribution in [0.15, 0.2) is 103 Å². The van der Waals surface area contributed by atoms with Gasteiger partial charge < -0.3 is 9.84 Å². The molecule has 0 bridgehead atoms. The third kappa shape index (κ3) is 5.02. The van der Waals surface area contributed by atoms with E-state index >= 15 is 0 Å². The lowest BCUT2D eigenvalue weighted by Gasteiger charge is -2.10. The zero-order valence-electron chi connectivity index (χ0n) is 21.9. The van der Waals surface area contributed by atoms with Gasteiger partial charge in [0.1, 0.15) is 5.75 Å². The molecule has 0 saturated carbocycles. The van der Waals surface area contributed by atoms with Crippen molar-refractivity contribution in [2.75, 3.05) is 0 Å². The number of benzene rings is 4. The Labute approximate surface area is 230 Å². The summed E-state index contributed by atoms with van der Waals surface area (Å²) in [4.78, 5) is 25.3. The number of ether oxygens (including phenoxy) is 1. The first kappa shape index (κ1) is 24.9. The fourth-order valence-corrected chi connectivity index (χ4v) is 4.48. The van der Waals surface area contributed by atoms with Crippen LogP contribution in [0.25, 0.3) is 50.6 Å². The average Bonchev–Trinajstić information content (AvgIpc) is 3.43. The lowest BCUT2D eigenvalue weighted by molar-refractivity contribution is 0.0697. The summed E-state index contributed by atoms with van der Waals surface area (Å²) in [6.07, 6.45) is 3.42. The van der Waals surface area contributed by atoms with Crippen LogP contribution < -0.4 is 4.74 Å². The first-order valence-electron chi connectivity index (χ1n) is 12.8. The minimum atomic E-state index is -1.01. The monoisotopic (exact) mass is 527 g/mol. The zero-order valence-corrected chi connectivity index (χ0v) is 21.9. The lowest BCUT2D eigenvalue weighted by Crippen LogP contribution is -2.05. The maximum absolute atomic E-state index is 11.7. The molecule has 0 spiro atoms. The van der Waals surface area contributed by atoms with E-state index in [1.165, 1.54) is 0 Å². The Hall–Kier alpha value is -5.37. The highest BCUT2D eigenvalue weighted by atomic mass is 16.5. The molecule has 2 heterocycles. The highest BCUT2D eigenvalue weighted by Gasteiger charge is 2.17. The summed E-state index contributed by atoms with van der Waals surface area (Å²) in [7, 11) is 0. The quantitative estimate of drug-likeness (QED) is 0.246. The number of aromatic nitrogens is 5. The van der Waals surface area contributed by atoms with Crippen molar-refractivity contribution in [3.05, 3.63) is 109 Å². The normalized spacial score (nSPS) is 11.2. The van der Waals surface area contributed by atoms with Crippen molar-refractivity contribution in [2.24, 2.45) is 0 Å². The average molecular weight is 528 g/mol. The smallest absolute Gasteiger partial charge is 0.335 e. The fraction of sp³-hybridized carbons (Fsp3) is 0.0938. The second-order valence-electron chi connectivity index (χ2n) is 9.55. The molecular weight excluding hydrogens is 502 g/mol. The molecule has 1 N–H and O–H groups in total. The topological polar surface area (TPSA) is 103 Å². The Morgan fingerprint density at radius 2 is 1.43 bits per heavy atom. The van der Waals surface area contributed by atoms with E-state index in [0.29, 0.717) is 17.3 Å². The van der Waals surface area contributed by atoms with Gasteiger partial charge in [-0.05, 0) is 73.5 Å². The molecule has 0 unspecified atom stereocenters. The van der Waals surface area contributed by atoms with Gasteiger partial charge in [0.15, 0.2) is 11.6 Å². The number of fused-ring (bicyclic) bond motifs is 1. The van der Waals surface area contributed by atoms with Crippen LogP contribution in [0.4, 0.5) is 0 Å². The molecule has 4 aromatic carbocycles. The summed E-state index contributed by atoms with van der Waals surface area (Å²) in [5.41, 5.74) is 6.00. The molecule has 6 aromatic rings. The Bertz CT molecular complexity index is 1830. The fourth-order valence-electron chi connectivity index (χ4n) is 4.48. The number of hydrogen-bond acceptors (Lipinski definition) is 6. The van der Waals surface area contributed by atoms with Crippen molar-refractivity contribution in [2.45, 2.75) is 20.0 Å². The van der Waals surface area contributed by atoms with Crippen molar-refractivity contribution in [3.8, 4) is 45.3 Å². The number of carbonyl (C=O) groups is 1. The predicted molar refractivity (Wildman–Crippen MR) is 153 cm³/mol. The van der Waals surface area contributed by atoms with Crippen LogP contribution in [0.5, 0.6) is 5.75 Å². The molecule has 196 valence electrons. The van der Waals surface area contributed by atoms with E-state index in [1.54, 1.807) is 35.3 Å². The number of carboxylic acids is 1. The van der Waals surface area contributed by atoms with Crippen molar-refractivity contribution >= 4 is 17.0 Å². The minimum absolute atomic E-state index is 0.122. The third-order valence-electron chi connectivity index (χ3n) is 6.37. The molecular formula is C32H25N5O3. The number of nitrogens with zero attached hydrogens (tertiary/aromatic N) is 5. The minimum Gasteiger partial charge on any atom is -0.491 e. The number of aromatic carboxylic acids is 1. The number of carboxylic acid groups (broad SMARTS) is 1. The van der Waals surface area contributed by atoms with Gasteiger partial charge >= 0.3 is 5.97 Å². The SMILES string of the molecule is CC(C)Oc1ccc(-c2ccc(-c3nc(-c4ccc5nccnc5c4)n(-c4cccc(C(=O)O)c4)n3)cc2)cc1. The molecule has 8 nitrogen and oxygen atoms in total. The Morgan fingerprint density at radius 1 is 0.775 bits per heavy atom. The third-order valence-corrected chi connectivity index (χ3v) is 6.37. The molecule has 2 aromatic heterocycles. The highest BCUT2D eigenvalue weighted by Crippen LogP contribution is 2.29. The molecule has 0 aliphatic carbocycles. The Balaban J connectivity index is 1.40. The van der Waals surface area contributed by atoms with Crippen LogP contribution in [0.3, 0.4) is 0 Å². The van der Waals surface area contributed by atoms with Crippen LogP contribution in [-0.2, 0) is 0 Å².